The predicted molar refractivity (Wildman–Crippen MR) is 241 cm³/mol. The number of hydrogen-bond acceptors (Lipinski definition) is 5. The quantitative estimate of drug-likeness (QED) is 0.173. The highest BCUT2D eigenvalue weighted by molar-refractivity contribution is 8.00. The molecule has 0 aliphatic carbocycles. The van der Waals surface area contributed by atoms with E-state index in [9.17, 15) is 0 Å². The molecule has 9 aromatic carbocycles. The molecule has 5 heteroatoms. The van der Waals surface area contributed by atoms with Crippen molar-refractivity contribution in [2.75, 3.05) is 9.80 Å². The monoisotopic (exact) mass is 764 g/mol. The Labute approximate surface area is 338 Å². The molecule has 57 heavy (non-hydrogen) atoms. The Balaban J connectivity index is 1.13. The molecule has 0 saturated heterocycles. The number of anilines is 6. The fourth-order valence-electron chi connectivity index (χ4n) is 8.62. The van der Waals surface area contributed by atoms with Crippen LogP contribution in [-0.4, -0.2) is 0 Å². The van der Waals surface area contributed by atoms with Gasteiger partial charge < -0.3 is 14.5 Å². The summed E-state index contributed by atoms with van der Waals surface area (Å²) in [6, 6.07) is 70.3. The zero-order valence-corrected chi connectivity index (χ0v) is 32.2. The number of benzene rings is 9. The van der Waals surface area contributed by atoms with Crippen molar-refractivity contribution in [2.45, 2.75) is 9.79 Å². The Hall–Kier alpha value is -6.79. The normalized spacial score (nSPS) is 12.6. The average Bonchev–Trinajstić information content (AvgIpc) is 3.66. The molecule has 10 aromatic rings. The van der Waals surface area contributed by atoms with E-state index in [-0.39, 0.29) is 0 Å². The van der Waals surface area contributed by atoms with Crippen molar-refractivity contribution in [3.63, 3.8) is 0 Å². The van der Waals surface area contributed by atoms with Gasteiger partial charge in [0.15, 0.2) is 0 Å². The van der Waals surface area contributed by atoms with Crippen LogP contribution in [0.3, 0.4) is 0 Å². The molecular formula is C52H32N2OS2. The molecule has 0 N–H and O–H groups in total. The summed E-state index contributed by atoms with van der Waals surface area (Å²) in [5, 5.41) is 4.99. The van der Waals surface area contributed by atoms with Gasteiger partial charge in [0.1, 0.15) is 11.5 Å². The van der Waals surface area contributed by atoms with Crippen LogP contribution in [0.15, 0.2) is 204 Å². The van der Waals surface area contributed by atoms with Crippen LogP contribution in [0.5, 0.6) is 11.5 Å². The van der Waals surface area contributed by atoms with Crippen LogP contribution in [0.1, 0.15) is 0 Å². The van der Waals surface area contributed by atoms with E-state index in [2.05, 4.69) is 204 Å². The van der Waals surface area contributed by atoms with Gasteiger partial charge in [-0.15, -0.1) is 11.3 Å². The number of hydrogen-bond donors (Lipinski definition) is 0. The van der Waals surface area contributed by atoms with Gasteiger partial charge in [-0.1, -0.05) is 139 Å². The third-order valence-electron chi connectivity index (χ3n) is 11.2. The van der Waals surface area contributed by atoms with Crippen LogP contribution in [0, 0.1) is 0 Å². The molecule has 0 fully saturated rings. The van der Waals surface area contributed by atoms with Gasteiger partial charge in [-0.05, 0) is 82.7 Å². The molecular weight excluding hydrogens is 733 g/mol. The Bertz CT molecular complexity index is 3190. The lowest BCUT2D eigenvalue weighted by Crippen LogP contribution is -2.15. The van der Waals surface area contributed by atoms with Crippen LogP contribution >= 0.6 is 23.1 Å². The highest BCUT2D eigenvalue weighted by atomic mass is 32.2. The summed E-state index contributed by atoms with van der Waals surface area (Å²) in [7, 11) is 0. The molecule has 268 valence electrons. The molecule has 1 aromatic heterocycles. The summed E-state index contributed by atoms with van der Waals surface area (Å²) in [6.45, 7) is 0. The van der Waals surface area contributed by atoms with Crippen LogP contribution in [0.2, 0.25) is 0 Å². The van der Waals surface area contributed by atoms with Gasteiger partial charge >= 0.3 is 0 Å². The molecule has 0 saturated carbocycles. The van der Waals surface area contributed by atoms with E-state index in [4.69, 9.17) is 4.74 Å². The zero-order chi connectivity index (χ0) is 37.5. The first-order valence-corrected chi connectivity index (χ1v) is 20.8. The lowest BCUT2D eigenvalue weighted by Gasteiger charge is -2.33. The smallest absolute Gasteiger partial charge is 0.145 e. The first-order valence-electron chi connectivity index (χ1n) is 19.2. The highest BCUT2D eigenvalue weighted by Gasteiger charge is 2.32. The lowest BCUT2D eigenvalue weighted by atomic mass is 9.96. The maximum atomic E-state index is 7.07. The molecule has 0 amide bonds. The van der Waals surface area contributed by atoms with Gasteiger partial charge in [0.25, 0.3) is 0 Å². The first-order chi connectivity index (χ1) is 28.2. The summed E-state index contributed by atoms with van der Waals surface area (Å²) in [5.41, 5.74) is 11.2. The van der Waals surface area contributed by atoms with Crippen LogP contribution in [0.4, 0.5) is 34.1 Å². The fraction of sp³-hybridized carbons (Fsp3) is 0. The third kappa shape index (κ3) is 5.20. The van der Waals surface area contributed by atoms with Crippen molar-refractivity contribution < 1.29 is 4.74 Å². The molecule has 2 bridgehead atoms. The van der Waals surface area contributed by atoms with Gasteiger partial charge in [-0.3, -0.25) is 0 Å². The summed E-state index contributed by atoms with van der Waals surface area (Å²) in [5.74, 6) is 1.72. The minimum absolute atomic E-state index is 0.839. The van der Waals surface area contributed by atoms with Crippen LogP contribution < -0.4 is 14.5 Å². The van der Waals surface area contributed by atoms with E-state index < -0.39 is 0 Å². The van der Waals surface area contributed by atoms with Gasteiger partial charge in [-0.2, -0.15) is 0 Å². The standard InChI is InChI=1S/C52H32N2OS2/c1-3-12-33(13-4-1)34-22-25-37(26-23-34)53(38-27-28-42-41-18-8-10-21-48(41)56-49(42)32-38)39-30-45-51-47(31-39)55-46-29-24-35-14-11-19-43(50(35)52(46)57-51)40-17-7-9-20-44(40)54(45)36-15-5-2-6-16-36/h1-32H. The van der Waals surface area contributed by atoms with Gasteiger partial charge in [-0.25, -0.2) is 0 Å². The van der Waals surface area contributed by atoms with Crippen molar-refractivity contribution in [3.8, 4) is 33.8 Å². The number of fused-ring (bicyclic) bond motifs is 5. The van der Waals surface area contributed by atoms with E-state index >= 15 is 0 Å². The maximum Gasteiger partial charge on any atom is 0.145 e. The minimum atomic E-state index is 0.839. The van der Waals surface area contributed by atoms with Crippen molar-refractivity contribution in [1.82, 2.24) is 0 Å². The Kier molecular flexibility index (Phi) is 7.34. The Morgan fingerprint density at radius 2 is 1.16 bits per heavy atom. The number of para-hydroxylation sites is 2. The molecule has 0 atom stereocenters. The summed E-state index contributed by atoms with van der Waals surface area (Å²) < 4.78 is 9.62. The number of nitrogens with zero attached hydrogens (tertiary/aromatic N) is 2. The second-order valence-corrected chi connectivity index (χ2v) is 16.6. The zero-order valence-electron chi connectivity index (χ0n) is 30.6. The number of rotatable bonds is 5. The first kappa shape index (κ1) is 32.5. The van der Waals surface area contributed by atoms with Gasteiger partial charge in [0, 0.05) is 54.3 Å². The SMILES string of the molecule is c1ccc(-c2ccc(N(c3cc4c5c(c3)N(c3ccccc3)c3ccccc3-c3cccc6ccc(c(c36)S5)O4)c3ccc4c(c3)sc3ccccc34)cc2)cc1. The Morgan fingerprint density at radius 1 is 0.439 bits per heavy atom. The largest absolute Gasteiger partial charge is 0.455 e. The van der Waals surface area contributed by atoms with E-state index in [0.29, 0.717) is 0 Å². The summed E-state index contributed by atoms with van der Waals surface area (Å²) in [4.78, 5) is 7.06. The van der Waals surface area contributed by atoms with Crippen molar-refractivity contribution in [3.05, 3.63) is 194 Å². The second kappa shape index (κ2) is 12.9. The molecule has 0 spiro atoms. The van der Waals surface area contributed by atoms with E-state index in [1.165, 1.54) is 53.2 Å². The average molecular weight is 765 g/mol. The fourth-order valence-corrected chi connectivity index (χ4v) is 11.0. The molecule has 12 rings (SSSR count). The summed E-state index contributed by atoms with van der Waals surface area (Å²) >= 11 is 3.66. The molecule has 3 heterocycles. The second-order valence-electron chi connectivity index (χ2n) is 14.5. The molecule has 2 aliphatic heterocycles. The number of thiophene rings is 1. The maximum absolute atomic E-state index is 7.07. The molecule has 2 aliphatic rings. The lowest BCUT2D eigenvalue weighted by molar-refractivity contribution is 0.457. The van der Waals surface area contributed by atoms with Gasteiger partial charge in [0.05, 0.1) is 26.9 Å². The highest BCUT2D eigenvalue weighted by Crippen LogP contribution is 2.60. The van der Waals surface area contributed by atoms with Crippen LogP contribution in [-0.2, 0) is 0 Å². The van der Waals surface area contributed by atoms with Crippen molar-refractivity contribution >= 4 is 88.2 Å². The van der Waals surface area contributed by atoms with Crippen molar-refractivity contribution in [1.29, 1.82) is 0 Å². The van der Waals surface area contributed by atoms with Gasteiger partial charge in [0.2, 0.25) is 0 Å². The number of ether oxygens (including phenoxy) is 1. The van der Waals surface area contributed by atoms with E-state index in [1.807, 2.05) is 23.1 Å². The molecule has 0 radical (unpaired) electrons. The Morgan fingerprint density at radius 3 is 2.04 bits per heavy atom. The van der Waals surface area contributed by atoms with Crippen molar-refractivity contribution in [2.24, 2.45) is 0 Å². The summed E-state index contributed by atoms with van der Waals surface area (Å²) in [6.07, 6.45) is 0. The minimum Gasteiger partial charge on any atom is -0.455 e. The predicted octanol–water partition coefficient (Wildman–Crippen LogP) is 16.1. The molecule has 3 nitrogen and oxygen atoms in total. The van der Waals surface area contributed by atoms with E-state index in [1.54, 1.807) is 0 Å². The third-order valence-corrected chi connectivity index (χ3v) is 13.6. The molecule has 0 unspecified atom stereocenters. The van der Waals surface area contributed by atoms with Crippen LogP contribution in [0.25, 0.3) is 53.2 Å². The van der Waals surface area contributed by atoms with E-state index in [0.717, 1.165) is 55.4 Å². The topological polar surface area (TPSA) is 15.7 Å².